The molecule has 2 aliphatic carbocycles. The molecule has 1 saturated heterocycles. The van der Waals surface area contributed by atoms with Gasteiger partial charge in [0, 0.05) is 48.2 Å². The maximum Gasteiger partial charge on any atom is 0.226 e. The van der Waals surface area contributed by atoms with Gasteiger partial charge in [-0.2, -0.15) is 0 Å². The molecule has 350 valence electrons. The van der Waals surface area contributed by atoms with Crippen LogP contribution >= 0.6 is 0 Å². The van der Waals surface area contributed by atoms with Crippen molar-refractivity contribution >= 4 is 39.6 Å². The van der Waals surface area contributed by atoms with E-state index in [-0.39, 0.29) is 41.1 Å². The Balaban J connectivity index is 1.04. The number of aryl methyl sites for hydroxylation is 1. The molecule has 9 atom stereocenters. The molecule has 1 unspecified atom stereocenters. The Morgan fingerprint density at radius 2 is 1.82 bits per heavy atom. The minimum absolute atomic E-state index is 0.0562. The van der Waals surface area contributed by atoms with E-state index in [0.29, 0.717) is 76.0 Å². The molecule has 16 nitrogen and oxygen atoms in total. The summed E-state index contributed by atoms with van der Waals surface area (Å²) in [6.45, 7) is 1.18. The molecule has 3 fully saturated rings. The molecule has 4 aromatic rings. The number of hydrogen-bond donors (Lipinski definition) is 9. The van der Waals surface area contributed by atoms with Gasteiger partial charge < -0.3 is 50.2 Å². The Morgan fingerprint density at radius 1 is 1.00 bits per heavy atom. The number of carbonyl (C=O) groups excluding carboxylic acids is 1. The zero-order valence-corrected chi connectivity index (χ0v) is 36.9. The van der Waals surface area contributed by atoms with Gasteiger partial charge >= 0.3 is 0 Å². The maximum atomic E-state index is 13.7. The van der Waals surface area contributed by atoms with E-state index in [9.17, 15) is 45.3 Å². The Morgan fingerprint density at radius 3 is 2.61 bits per heavy atom. The summed E-state index contributed by atoms with van der Waals surface area (Å²) in [5.41, 5.74) is -0.155. The van der Waals surface area contributed by atoms with E-state index in [0.717, 1.165) is 61.1 Å². The molecule has 0 bridgehead atoms. The number of fused-ring (bicyclic) bond motifs is 4. The van der Waals surface area contributed by atoms with E-state index in [1.165, 1.54) is 36.4 Å². The van der Waals surface area contributed by atoms with Gasteiger partial charge in [0.15, 0.2) is 11.2 Å². The standard InChI is InChI=1S/C50H57N3O13/c1-27-16-39(57)35-17-31-18-41(66-63-26-49(62,46(60)43(59)40(58)25-54)20-28-7-10-38(56)33-9-8-32(55)19-34(28)33)50(65-44(31)42(45(35)64-27)53-23-30-11-15-51-37(30)24-53)14-5-6-29(21-50)36-22-52-47(61)48(36)12-3-2-4-13-48/h7-11,15-17,19,24,29,36,40-41,43,46,54-56,58-60,62H,2-6,12-14,18,20-23,25-26H2,1H3,(H,52,61)/p+1/t29-,36+,40-,41-,43-,46+,49+,50-/m1/s1. The van der Waals surface area contributed by atoms with Gasteiger partial charge in [0.05, 0.1) is 17.4 Å². The number of aromatic hydroxyl groups is 2. The highest BCUT2D eigenvalue weighted by Crippen LogP contribution is 2.55. The molecule has 2 saturated carbocycles. The first kappa shape index (κ1) is 44.7. The van der Waals surface area contributed by atoms with Crippen molar-refractivity contribution in [3.8, 4) is 17.2 Å². The number of hydrogen-bond acceptors (Lipinski definition) is 14. The molecule has 66 heavy (non-hydrogen) atoms. The third-order valence-electron chi connectivity index (χ3n) is 15.6. The second-order valence-corrected chi connectivity index (χ2v) is 19.6. The number of aliphatic hydroxyl groups is 5. The largest absolute Gasteiger partial charge is 0.508 e. The summed E-state index contributed by atoms with van der Waals surface area (Å²) in [5.74, 6) is 1.05. The fraction of sp³-hybridized carbons (Fsp3) is 0.500. The zero-order chi connectivity index (χ0) is 46.1. The Labute approximate surface area is 380 Å². The molecule has 1 amide bonds. The van der Waals surface area contributed by atoms with Crippen molar-refractivity contribution in [1.29, 1.82) is 0 Å². The van der Waals surface area contributed by atoms with Crippen LogP contribution in [0, 0.1) is 24.2 Å². The highest BCUT2D eigenvalue weighted by molar-refractivity contribution is 5.92. The summed E-state index contributed by atoms with van der Waals surface area (Å²) in [4.78, 5) is 45.5. The number of rotatable bonds is 12. The van der Waals surface area contributed by atoms with E-state index in [1.807, 2.05) is 12.3 Å². The van der Waals surface area contributed by atoms with E-state index >= 15 is 0 Å². The first-order valence-electron chi connectivity index (χ1n) is 23.2. The first-order chi connectivity index (χ1) is 31.7. The summed E-state index contributed by atoms with van der Waals surface area (Å²) in [6, 6.07) is 10.4. The SMILES string of the molecule is Cc1cc(=O)c2cc3c(c([NH+]4C=C5N=CC=C5C4)c2o1)O[C@@]1(CCC[C@@H]([C@@H]2CNC(=O)C24CCCCC4)C1)[C@H](OOC[C@@](O)(Cc1ccc(O)c2ccc(O)cc12)[C@@H](O)[C@H](O)[C@H](O)CO)C3. The number of amides is 1. The smallest absolute Gasteiger partial charge is 0.226 e. The van der Waals surface area contributed by atoms with Crippen molar-refractivity contribution in [3.05, 3.63) is 93.1 Å². The predicted molar refractivity (Wildman–Crippen MR) is 240 cm³/mol. The number of phenolic OH excluding ortho intramolecular Hbond substituents is 2. The summed E-state index contributed by atoms with van der Waals surface area (Å²) < 4.78 is 13.9. The molecule has 6 aliphatic rings. The molecule has 9 N–H and O–H groups in total. The van der Waals surface area contributed by atoms with Gasteiger partial charge in [-0.05, 0) is 105 Å². The monoisotopic (exact) mass is 908 g/mol. The highest BCUT2D eigenvalue weighted by Gasteiger charge is 2.58. The van der Waals surface area contributed by atoms with Gasteiger partial charge in [0.1, 0.15) is 77.9 Å². The minimum Gasteiger partial charge on any atom is -0.508 e. The summed E-state index contributed by atoms with van der Waals surface area (Å²) >= 11 is 0. The molecular weight excluding hydrogens is 851 g/mol. The molecule has 10 rings (SSSR count). The highest BCUT2D eigenvalue weighted by atomic mass is 17.2. The predicted octanol–water partition coefficient (Wildman–Crippen LogP) is 2.97. The number of carbonyl (C=O) groups is 1. The van der Waals surface area contributed by atoms with Crippen LogP contribution < -0.4 is 20.4 Å². The van der Waals surface area contributed by atoms with Crippen LogP contribution in [0.5, 0.6) is 17.2 Å². The third-order valence-corrected chi connectivity index (χ3v) is 15.6. The van der Waals surface area contributed by atoms with Crippen molar-refractivity contribution < 1.29 is 64.4 Å². The van der Waals surface area contributed by atoms with Crippen LogP contribution in [0.2, 0.25) is 0 Å². The molecule has 0 radical (unpaired) electrons. The van der Waals surface area contributed by atoms with Crippen LogP contribution in [0.25, 0.3) is 21.7 Å². The van der Waals surface area contributed by atoms with E-state index < -0.39 is 60.7 Å². The van der Waals surface area contributed by atoms with Crippen molar-refractivity contribution in [2.75, 3.05) is 26.3 Å². The lowest BCUT2D eigenvalue weighted by molar-refractivity contribution is -0.763. The van der Waals surface area contributed by atoms with Gasteiger partial charge in [-0.25, -0.2) is 9.78 Å². The molecule has 2 spiro atoms. The number of ether oxygens (including phenoxy) is 1. The molecule has 4 aliphatic heterocycles. The number of quaternary nitrogens is 1. The van der Waals surface area contributed by atoms with Crippen LogP contribution in [0.15, 0.2) is 80.2 Å². The lowest BCUT2D eigenvalue weighted by Crippen LogP contribution is -3.01. The van der Waals surface area contributed by atoms with E-state index in [4.69, 9.17) is 18.9 Å². The van der Waals surface area contributed by atoms with Gasteiger partial charge in [0.25, 0.3) is 0 Å². The zero-order valence-electron chi connectivity index (χ0n) is 36.9. The van der Waals surface area contributed by atoms with Gasteiger partial charge in [-0.3, -0.25) is 19.5 Å². The molecular formula is C50H58N3O13+. The Bertz CT molecular complexity index is 2730. The summed E-state index contributed by atoms with van der Waals surface area (Å²) in [7, 11) is 0. The van der Waals surface area contributed by atoms with Crippen molar-refractivity contribution in [2.24, 2.45) is 22.2 Å². The molecule has 3 aromatic carbocycles. The Kier molecular flexibility index (Phi) is 11.6. The van der Waals surface area contributed by atoms with Crippen molar-refractivity contribution in [3.63, 3.8) is 0 Å². The Hall–Kier alpha value is -5.17. The van der Waals surface area contributed by atoms with Crippen molar-refractivity contribution in [2.45, 2.75) is 113 Å². The normalized spacial score (nSPS) is 27.8. The van der Waals surface area contributed by atoms with Crippen LogP contribution in [0.3, 0.4) is 0 Å². The number of phenols is 2. The summed E-state index contributed by atoms with van der Waals surface area (Å²) in [5, 5.41) is 80.5. The minimum atomic E-state index is -2.40. The van der Waals surface area contributed by atoms with Crippen LogP contribution in [-0.2, 0) is 27.4 Å². The van der Waals surface area contributed by atoms with E-state index in [2.05, 4.69) is 10.3 Å². The van der Waals surface area contributed by atoms with Crippen LogP contribution in [-0.4, -0.2) is 110 Å². The number of aliphatic hydroxyl groups excluding tert-OH is 4. The fourth-order valence-electron chi connectivity index (χ4n) is 12.2. The van der Waals surface area contributed by atoms with Crippen LogP contribution in [0.4, 0.5) is 5.69 Å². The lowest BCUT2D eigenvalue weighted by atomic mass is 9.59. The fourth-order valence-corrected chi connectivity index (χ4v) is 12.2. The topological polar surface area (TPSA) is 245 Å². The van der Waals surface area contributed by atoms with Crippen LogP contribution in [0.1, 0.15) is 74.7 Å². The lowest BCUT2D eigenvalue weighted by Gasteiger charge is -2.51. The van der Waals surface area contributed by atoms with Crippen molar-refractivity contribution in [1.82, 2.24) is 5.32 Å². The maximum absolute atomic E-state index is 13.7. The number of nitrogens with one attached hydrogen (secondary N) is 2. The van der Waals surface area contributed by atoms with Gasteiger partial charge in [-0.1, -0.05) is 25.3 Å². The average molecular weight is 909 g/mol. The first-order valence-corrected chi connectivity index (χ1v) is 23.2. The number of benzene rings is 3. The third kappa shape index (κ3) is 7.61. The second-order valence-electron chi connectivity index (χ2n) is 19.6. The number of aliphatic imine (C=N–C) groups is 1. The van der Waals surface area contributed by atoms with Gasteiger partial charge in [-0.15, -0.1) is 0 Å². The van der Waals surface area contributed by atoms with E-state index in [1.54, 1.807) is 19.2 Å². The number of allylic oxidation sites excluding steroid dienone is 1. The average Bonchev–Trinajstić information content (AvgIpc) is 4.01. The van der Waals surface area contributed by atoms with Gasteiger partial charge in [0.2, 0.25) is 17.2 Å². The molecule has 5 heterocycles. The summed E-state index contributed by atoms with van der Waals surface area (Å²) in [6.07, 6.45) is 6.08. The molecule has 16 heteroatoms. The number of nitrogens with zero attached hydrogens (tertiary/aromatic N) is 1. The molecule has 1 aromatic heterocycles. The second kappa shape index (κ2) is 17.2. The quantitative estimate of drug-likeness (QED) is 0.0735.